The normalized spacial score (nSPS) is 13.1. The Bertz CT molecular complexity index is 1120. The number of sulfonamides is 1. The smallest absolute Gasteiger partial charge is 0.244 e. The zero-order chi connectivity index (χ0) is 26.2. The number of para-hydroxylation sites is 1. The quantitative estimate of drug-likeness (QED) is 0.475. The van der Waals surface area contributed by atoms with Gasteiger partial charge in [0.1, 0.15) is 12.6 Å². The highest BCUT2D eigenvalue weighted by Crippen LogP contribution is 2.24. The fourth-order valence-corrected chi connectivity index (χ4v) is 4.86. The van der Waals surface area contributed by atoms with E-state index in [1.54, 1.807) is 12.1 Å². The molecule has 2 aromatic carbocycles. The number of nitrogens with one attached hydrogen (secondary N) is 1. The lowest BCUT2D eigenvalue weighted by Gasteiger charge is -2.34. The second kappa shape index (κ2) is 12.7. The summed E-state index contributed by atoms with van der Waals surface area (Å²) < 4.78 is 26.8. The van der Waals surface area contributed by atoms with Crippen molar-refractivity contribution in [3.8, 4) is 0 Å². The summed E-state index contributed by atoms with van der Waals surface area (Å²) in [7, 11) is -3.75. The number of rotatable bonds is 12. The number of hydrogen-bond donors (Lipinski definition) is 1. The van der Waals surface area contributed by atoms with Crippen molar-refractivity contribution in [3.63, 3.8) is 0 Å². The highest BCUT2D eigenvalue weighted by atomic mass is 32.2. The molecule has 192 valence electrons. The van der Waals surface area contributed by atoms with Gasteiger partial charge in [-0.15, -0.1) is 0 Å². The van der Waals surface area contributed by atoms with E-state index in [4.69, 9.17) is 0 Å². The number of nitrogens with zero attached hydrogens (tertiary/aromatic N) is 2. The number of hydrogen-bond acceptors (Lipinski definition) is 4. The first-order valence-corrected chi connectivity index (χ1v) is 14.1. The predicted molar refractivity (Wildman–Crippen MR) is 142 cm³/mol. The molecule has 35 heavy (non-hydrogen) atoms. The maximum absolute atomic E-state index is 13.8. The van der Waals surface area contributed by atoms with E-state index in [0.717, 1.165) is 33.7 Å². The van der Waals surface area contributed by atoms with Crippen LogP contribution in [-0.2, 0) is 32.6 Å². The molecule has 2 aromatic rings. The monoisotopic (exact) mass is 501 g/mol. The second-order valence-electron chi connectivity index (χ2n) is 8.94. The highest BCUT2D eigenvalue weighted by molar-refractivity contribution is 7.92. The molecule has 2 unspecified atom stereocenters. The fourth-order valence-electron chi connectivity index (χ4n) is 3.98. The summed E-state index contributed by atoms with van der Waals surface area (Å²) >= 11 is 0. The minimum absolute atomic E-state index is 0.0316. The van der Waals surface area contributed by atoms with Gasteiger partial charge in [0.05, 0.1) is 11.9 Å². The van der Waals surface area contributed by atoms with E-state index >= 15 is 0 Å². The van der Waals surface area contributed by atoms with E-state index in [1.165, 1.54) is 4.90 Å². The first-order valence-electron chi connectivity index (χ1n) is 12.2. The van der Waals surface area contributed by atoms with Gasteiger partial charge < -0.3 is 10.2 Å². The maximum Gasteiger partial charge on any atom is 0.244 e. The lowest BCUT2D eigenvalue weighted by molar-refractivity contribution is -0.140. The zero-order valence-electron chi connectivity index (χ0n) is 21.7. The Morgan fingerprint density at radius 3 is 2.09 bits per heavy atom. The molecule has 0 radical (unpaired) electrons. The Labute approximate surface area is 210 Å². The molecule has 0 saturated heterocycles. The summed E-state index contributed by atoms with van der Waals surface area (Å²) in [6.07, 6.45) is 2.90. The van der Waals surface area contributed by atoms with Crippen LogP contribution in [0.25, 0.3) is 0 Å². The molecule has 2 amide bonds. The topological polar surface area (TPSA) is 86.8 Å². The summed E-state index contributed by atoms with van der Waals surface area (Å²) in [6.45, 7) is 9.50. The standard InChI is InChI=1S/C27H39N3O4S/c1-7-21(5)28-27(32)24(9-3)29(18-23-16-11-10-14-20(23)4)26(31)19-30(35(6,33)34)25-17-13-12-15-22(25)8-2/h10-17,21,24H,7-9,18-19H2,1-6H3,(H,28,32). The Kier molecular flexibility index (Phi) is 10.3. The van der Waals surface area contributed by atoms with Gasteiger partial charge in [0.2, 0.25) is 21.8 Å². The first kappa shape index (κ1) is 28.4. The summed E-state index contributed by atoms with van der Waals surface area (Å²) in [5, 5.41) is 2.99. The molecule has 0 heterocycles. The number of anilines is 1. The van der Waals surface area contributed by atoms with Crippen LogP contribution in [0.15, 0.2) is 48.5 Å². The van der Waals surface area contributed by atoms with Crippen LogP contribution >= 0.6 is 0 Å². The van der Waals surface area contributed by atoms with E-state index in [2.05, 4.69) is 5.32 Å². The van der Waals surface area contributed by atoms with Gasteiger partial charge in [-0.3, -0.25) is 13.9 Å². The number of carbonyl (C=O) groups is 2. The molecule has 8 heteroatoms. The molecular weight excluding hydrogens is 462 g/mol. The van der Waals surface area contributed by atoms with E-state index < -0.39 is 22.0 Å². The molecule has 0 bridgehead atoms. The molecule has 0 aliphatic rings. The van der Waals surface area contributed by atoms with Crippen LogP contribution in [0.1, 0.15) is 57.2 Å². The van der Waals surface area contributed by atoms with Crippen LogP contribution in [0.5, 0.6) is 0 Å². The number of benzene rings is 2. The average molecular weight is 502 g/mol. The van der Waals surface area contributed by atoms with Gasteiger partial charge in [-0.2, -0.15) is 0 Å². The lowest BCUT2D eigenvalue weighted by Crippen LogP contribution is -2.53. The van der Waals surface area contributed by atoms with Crippen molar-refractivity contribution in [3.05, 3.63) is 65.2 Å². The van der Waals surface area contributed by atoms with Crippen molar-refractivity contribution in [1.29, 1.82) is 0 Å². The molecule has 2 rings (SSSR count). The Morgan fingerprint density at radius 2 is 1.54 bits per heavy atom. The van der Waals surface area contributed by atoms with Crippen LogP contribution in [0.2, 0.25) is 0 Å². The minimum Gasteiger partial charge on any atom is -0.352 e. The minimum atomic E-state index is -3.75. The zero-order valence-corrected chi connectivity index (χ0v) is 22.6. The molecule has 1 N–H and O–H groups in total. The van der Waals surface area contributed by atoms with Gasteiger partial charge in [-0.25, -0.2) is 8.42 Å². The van der Waals surface area contributed by atoms with E-state index in [-0.39, 0.29) is 25.0 Å². The van der Waals surface area contributed by atoms with Gasteiger partial charge in [-0.05, 0) is 55.9 Å². The molecule has 0 aliphatic heterocycles. The summed E-state index contributed by atoms with van der Waals surface area (Å²) in [4.78, 5) is 28.5. The Hall–Kier alpha value is -2.87. The van der Waals surface area contributed by atoms with Crippen LogP contribution in [0.4, 0.5) is 5.69 Å². The molecule has 2 atom stereocenters. The van der Waals surface area contributed by atoms with Gasteiger partial charge in [0.25, 0.3) is 0 Å². The average Bonchev–Trinajstić information content (AvgIpc) is 2.82. The molecule has 0 spiro atoms. The van der Waals surface area contributed by atoms with Crippen molar-refractivity contribution in [1.82, 2.24) is 10.2 Å². The van der Waals surface area contributed by atoms with Crippen molar-refractivity contribution in [2.24, 2.45) is 0 Å². The molecule has 7 nitrogen and oxygen atoms in total. The van der Waals surface area contributed by atoms with Crippen molar-refractivity contribution < 1.29 is 18.0 Å². The SMILES string of the molecule is CCc1ccccc1N(CC(=O)N(Cc1ccccc1C)C(CC)C(=O)NC(C)CC)S(C)(=O)=O. The summed E-state index contributed by atoms with van der Waals surface area (Å²) in [5.41, 5.74) is 3.23. The number of carbonyl (C=O) groups excluding carboxylic acids is 2. The summed E-state index contributed by atoms with van der Waals surface area (Å²) in [5.74, 6) is -0.653. The van der Waals surface area contributed by atoms with Crippen LogP contribution in [-0.4, -0.2) is 50.0 Å². The van der Waals surface area contributed by atoms with Crippen LogP contribution < -0.4 is 9.62 Å². The molecular formula is C27H39N3O4S. The lowest BCUT2D eigenvalue weighted by atomic mass is 10.1. The van der Waals surface area contributed by atoms with Crippen molar-refractivity contribution in [2.45, 2.75) is 72.5 Å². The van der Waals surface area contributed by atoms with Gasteiger partial charge in [-0.1, -0.05) is 63.2 Å². The van der Waals surface area contributed by atoms with E-state index in [0.29, 0.717) is 18.5 Å². The van der Waals surface area contributed by atoms with Crippen molar-refractivity contribution >= 4 is 27.5 Å². The third-order valence-corrected chi connectivity index (χ3v) is 7.44. The Balaban J connectivity index is 2.49. The molecule has 0 aliphatic carbocycles. The number of amides is 2. The molecule has 0 fully saturated rings. The fraction of sp³-hybridized carbons (Fsp3) is 0.481. The van der Waals surface area contributed by atoms with E-state index in [1.807, 2.05) is 71.0 Å². The first-order chi connectivity index (χ1) is 16.5. The van der Waals surface area contributed by atoms with Crippen molar-refractivity contribution in [2.75, 3.05) is 17.1 Å². The molecule has 0 saturated carbocycles. The third-order valence-electron chi connectivity index (χ3n) is 6.31. The predicted octanol–water partition coefficient (Wildman–Crippen LogP) is 4.05. The van der Waals surface area contributed by atoms with Crippen LogP contribution in [0.3, 0.4) is 0 Å². The largest absolute Gasteiger partial charge is 0.352 e. The van der Waals surface area contributed by atoms with E-state index in [9.17, 15) is 18.0 Å². The maximum atomic E-state index is 13.8. The third kappa shape index (κ3) is 7.56. The van der Waals surface area contributed by atoms with Crippen LogP contribution in [0, 0.1) is 6.92 Å². The second-order valence-corrected chi connectivity index (χ2v) is 10.8. The van der Waals surface area contributed by atoms with Gasteiger partial charge in [0.15, 0.2) is 0 Å². The van der Waals surface area contributed by atoms with Gasteiger partial charge >= 0.3 is 0 Å². The number of aryl methyl sites for hydroxylation is 2. The summed E-state index contributed by atoms with van der Waals surface area (Å²) in [6, 6.07) is 14.1. The highest BCUT2D eigenvalue weighted by Gasteiger charge is 2.32. The molecule has 0 aromatic heterocycles. The Morgan fingerprint density at radius 1 is 0.943 bits per heavy atom. The van der Waals surface area contributed by atoms with Gasteiger partial charge in [0, 0.05) is 12.6 Å².